The first-order chi connectivity index (χ1) is 21.7. The summed E-state index contributed by atoms with van der Waals surface area (Å²) in [6.07, 6.45) is -25.6. The Morgan fingerprint density at radius 3 is 1.35 bits per heavy atom. The molecule has 4 heterocycles. The second-order valence-electron chi connectivity index (χ2n) is 11.1. The van der Waals surface area contributed by atoms with E-state index in [0.717, 1.165) is 0 Å². The second-order valence-corrected chi connectivity index (χ2v) is 11.1. The fourth-order valence-corrected chi connectivity index (χ4v) is 5.22. The lowest BCUT2D eigenvalue weighted by Gasteiger charge is -2.41. The van der Waals surface area contributed by atoms with Crippen LogP contribution in [-0.4, -0.2) is 178 Å². The lowest BCUT2D eigenvalue weighted by molar-refractivity contribution is -0.306. The number of hydrogen-bond acceptors (Lipinski definition) is 19. The van der Waals surface area contributed by atoms with E-state index in [1.807, 2.05) is 0 Å². The number of rotatable bonds is 11. The van der Waals surface area contributed by atoms with Crippen LogP contribution in [0, 0.1) is 12.9 Å². The Bertz CT molecular complexity index is 1150. The Kier molecular flexibility index (Phi) is 12.6. The van der Waals surface area contributed by atoms with Gasteiger partial charge in [-0.1, -0.05) is 0 Å². The number of pyridine rings is 1. The molecule has 3 fully saturated rings. The second kappa shape index (κ2) is 15.6. The molecule has 3 saturated heterocycles. The summed E-state index contributed by atoms with van der Waals surface area (Å²) >= 11 is 0. The number of aliphatic hydroxyl groups is 12. The van der Waals surface area contributed by atoms with Crippen LogP contribution >= 0.6 is 0 Å². The lowest BCUT2D eigenvalue weighted by Crippen LogP contribution is -2.60. The molecule has 12 N–H and O–H groups in total. The van der Waals surface area contributed by atoms with Crippen molar-refractivity contribution in [2.24, 2.45) is 0 Å². The van der Waals surface area contributed by atoms with Crippen molar-refractivity contribution in [1.29, 1.82) is 0 Å². The quantitative estimate of drug-likeness (QED) is 0.0971. The monoisotopic (exact) mass is 673 g/mol. The summed E-state index contributed by atoms with van der Waals surface area (Å²) in [4.78, 5) is 3.75. The molecular weight excluding hydrogens is 633 g/mol. The van der Waals surface area contributed by atoms with E-state index >= 15 is 4.39 Å². The zero-order valence-electron chi connectivity index (χ0n) is 24.3. The molecule has 0 radical (unpaired) electrons. The van der Waals surface area contributed by atoms with Gasteiger partial charge in [-0.15, -0.1) is 0 Å². The first-order valence-corrected chi connectivity index (χ1v) is 14.2. The molecule has 264 valence electrons. The number of hydrogen-bond donors (Lipinski definition) is 12. The van der Waals surface area contributed by atoms with Crippen molar-refractivity contribution in [2.45, 2.75) is 112 Å². The van der Waals surface area contributed by atoms with Gasteiger partial charge in [0.05, 0.1) is 38.7 Å². The molecule has 1 aromatic heterocycles. The van der Waals surface area contributed by atoms with Crippen LogP contribution in [0.5, 0.6) is 5.75 Å². The van der Waals surface area contributed by atoms with Crippen molar-refractivity contribution in [3.63, 3.8) is 0 Å². The third-order valence-corrected chi connectivity index (χ3v) is 8.05. The van der Waals surface area contributed by atoms with Crippen molar-refractivity contribution in [3.05, 3.63) is 22.8 Å². The highest BCUT2D eigenvalue weighted by molar-refractivity contribution is 5.42. The maximum absolute atomic E-state index is 15.5. The van der Waals surface area contributed by atoms with E-state index in [-0.39, 0.29) is 17.0 Å². The van der Waals surface area contributed by atoms with Gasteiger partial charge in [0.15, 0.2) is 12.6 Å². The van der Waals surface area contributed by atoms with E-state index in [9.17, 15) is 61.3 Å². The van der Waals surface area contributed by atoms with E-state index < -0.39 is 137 Å². The van der Waals surface area contributed by atoms with Crippen molar-refractivity contribution >= 4 is 0 Å². The number of aromatic nitrogens is 1. The van der Waals surface area contributed by atoms with Gasteiger partial charge in [-0.3, -0.25) is 0 Å². The maximum atomic E-state index is 15.5. The average molecular weight is 674 g/mol. The van der Waals surface area contributed by atoms with Crippen LogP contribution in [0.3, 0.4) is 0 Å². The van der Waals surface area contributed by atoms with Crippen LogP contribution < -0.4 is 4.74 Å². The van der Waals surface area contributed by atoms with Gasteiger partial charge in [-0.25, -0.2) is 4.98 Å². The molecule has 0 unspecified atom stereocenters. The third-order valence-electron chi connectivity index (χ3n) is 8.05. The van der Waals surface area contributed by atoms with Crippen molar-refractivity contribution < 1.29 is 94.1 Å². The number of nitrogens with zero attached hydrogens (tertiary/aromatic N) is 1. The fourth-order valence-electron chi connectivity index (χ4n) is 5.22. The molecule has 0 amide bonds. The Hall–Kier alpha value is -1.80. The van der Waals surface area contributed by atoms with Gasteiger partial charge >= 0.3 is 0 Å². The molecule has 0 aromatic carbocycles. The van der Waals surface area contributed by atoms with Crippen LogP contribution in [0.4, 0.5) is 4.39 Å². The SMILES string of the molecule is Cc1nc(F)c(CO[C@@H]2O[C@H](CO)[C@H](O)[C@H](O)[C@H]2O)c(CO[C@@H]2O[C@H](CO)[C@H](O)[C@H](O)[C@H]2O)c1O[C@@H]1O[C@H](CO)[C@H](O)[C@H](O)[C@H]1O. The summed E-state index contributed by atoms with van der Waals surface area (Å²) in [5, 5.41) is 121. The van der Waals surface area contributed by atoms with Gasteiger partial charge in [-0.05, 0) is 6.92 Å². The van der Waals surface area contributed by atoms with E-state index in [4.69, 9.17) is 28.4 Å². The zero-order chi connectivity index (χ0) is 34.0. The Morgan fingerprint density at radius 2 is 0.935 bits per heavy atom. The topological polar surface area (TPSA) is 311 Å². The van der Waals surface area contributed by atoms with Crippen LogP contribution in [0.2, 0.25) is 0 Å². The largest absolute Gasteiger partial charge is 0.460 e. The number of halogens is 1. The molecule has 15 atom stereocenters. The number of aryl methyl sites for hydroxylation is 1. The van der Waals surface area contributed by atoms with Gasteiger partial charge in [0.25, 0.3) is 0 Å². The molecule has 0 aliphatic carbocycles. The van der Waals surface area contributed by atoms with Crippen molar-refractivity contribution in [3.8, 4) is 5.75 Å². The minimum absolute atomic E-state index is 0.196. The first-order valence-electron chi connectivity index (χ1n) is 14.2. The molecule has 0 spiro atoms. The van der Waals surface area contributed by atoms with Gasteiger partial charge in [0, 0.05) is 11.1 Å². The minimum Gasteiger partial charge on any atom is -0.460 e. The molecular formula is C26H40FNO18. The summed E-state index contributed by atoms with van der Waals surface area (Å²) in [6.45, 7) is -2.67. The Labute approximate surface area is 260 Å². The normalized spacial score (nSPS) is 41.8. The number of ether oxygens (including phenoxy) is 6. The summed E-state index contributed by atoms with van der Waals surface area (Å²) in [5.74, 6) is -1.56. The van der Waals surface area contributed by atoms with E-state index in [2.05, 4.69) is 4.98 Å². The van der Waals surface area contributed by atoms with Gasteiger partial charge in [-0.2, -0.15) is 4.39 Å². The standard InChI is InChI=1S/C26H40FNO18/c1-7-22(46-26-21(40)18(37)15(34)12(4-31)45-26)8(5-41-24-19(38)16(35)13(32)10(2-29)43-24)9(23(27)28-7)6-42-25-20(39)17(36)14(33)11(3-30)44-25/h10-21,24-26,29-40H,2-6H2,1H3/t10-,11-,12-,13+,14+,15+,16+,17+,18+,19-,20-,21-,24-,25-,26+/m1/s1. The predicted molar refractivity (Wildman–Crippen MR) is 140 cm³/mol. The highest BCUT2D eigenvalue weighted by Crippen LogP contribution is 2.34. The van der Waals surface area contributed by atoms with E-state index in [1.165, 1.54) is 6.92 Å². The van der Waals surface area contributed by atoms with Crippen LogP contribution in [0.15, 0.2) is 0 Å². The average Bonchev–Trinajstić information content (AvgIpc) is 3.04. The molecule has 3 aliphatic rings. The lowest BCUT2D eigenvalue weighted by atomic mass is 9.99. The maximum Gasteiger partial charge on any atom is 0.229 e. The summed E-state index contributed by atoms with van der Waals surface area (Å²) in [7, 11) is 0. The van der Waals surface area contributed by atoms with Gasteiger partial charge in [0.2, 0.25) is 12.2 Å². The number of aliphatic hydroxyl groups excluding tert-OH is 12. The Balaban J connectivity index is 1.67. The highest BCUT2D eigenvalue weighted by Gasteiger charge is 2.47. The van der Waals surface area contributed by atoms with Gasteiger partial charge < -0.3 is 89.7 Å². The summed E-state index contributed by atoms with van der Waals surface area (Å²) in [5.41, 5.74) is -0.936. The van der Waals surface area contributed by atoms with Crippen LogP contribution in [0.1, 0.15) is 16.8 Å². The molecule has 0 saturated carbocycles. The van der Waals surface area contributed by atoms with Crippen molar-refractivity contribution in [2.75, 3.05) is 19.8 Å². The molecule has 20 heteroatoms. The van der Waals surface area contributed by atoms with Gasteiger partial charge in [0.1, 0.15) is 79.0 Å². The highest BCUT2D eigenvalue weighted by atomic mass is 19.1. The fraction of sp³-hybridized carbons (Fsp3) is 0.808. The minimum atomic E-state index is -1.91. The molecule has 0 bridgehead atoms. The van der Waals surface area contributed by atoms with Crippen molar-refractivity contribution in [1.82, 2.24) is 4.98 Å². The third kappa shape index (κ3) is 7.43. The van der Waals surface area contributed by atoms with E-state index in [0.29, 0.717) is 0 Å². The first kappa shape index (κ1) is 37.0. The summed E-state index contributed by atoms with van der Waals surface area (Å²) < 4.78 is 48.3. The Morgan fingerprint density at radius 1 is 0.565 bits per heavy atom. The molecule has 19 nitrogen and oxygen atoms in total. The van der Waals surface area contributed by atoms with Crippen LogP contribution in [0.25, 0.3) is 0 Å². The molecule has 3 aliphatic heterocycles. The van der Waals surface area contributed by atoms with Crippen LogP contribution in [-0.2, 0) is 36.9 Å². The smallest absolute Gasteiger partial charge is 0.229 e. The summed E-state index contributed by atoms with van der Waals surface area (Å²) in [6, 6.07) is 0. The zero-order valence-corrected chi connectivity index (χ0v) is 24.3. The van der Waals surface area contributed by atoms with E-state index in [1.54, 1.807) is 0 Å². The molecule has 46 heavy (non-hydrogen) atoms. The molecule has 4 rings (SSSR count). The predicted octanol–water partition coefficient (Wildman–Crippen LogP) is -6.66. The molecule has 1 aromatic rings.